The average molecular weight is 273 g/mol. The molecular formula is C17H20FNO. The zero-order valence-corrected chi connectivity index (χ0v) is 11.6. The van der Waals surface area contributed by atoms with Gasteiger partial charge in [0.25, 0.3) is 0 Å². The summed E-state index contributed by atoms with van der Waals surface area (Å²) in [6.45, 7) is 2.93. The van der Waals surface area contributed by atoms with Gasteiger partial charge in [0.15, 0.2) is 0 Å². The van der Waals surface area contributed by atoms with Gasteiger partial charge < -0.3 is 10.4 Å². The number of halogens is 1. The molecule has 1 unspecified atom stereocenters. The van der Waals surface area contributed by atoms with E-state index in [-0.39, 0.29) is 18.5 Å². The zero-order valence-electron chi connectivity index (χ0n) is 11.6. The molecule has 2 aromatic rings. The third-order valence-corrected chi connectivity index (χ3v) is 3.39. The molecule has 0 saturated carbocycles. The van der Waals surface area contributed by atoms with Crippen LogP contribution in [-0.2, 0) is 13.0 Å². The van der Waals surface area contributed by atoms with E-state index in [1.807, 2.05) is 30.3 Å². The highest BCUT2D eigenvalue weighted by Crippen LogP contribution is 2.14. The second-order valence-corrected chi connectivity index (χ2v) is 4.96. The SMILES string of the molecule is CC(NCCc1cccc(F)c1)c1cccc(CO)c1. The summed E-state index contributed by atoms with van der Waals surface area (Å²) in [7, 11) is 0. The summed E-state index contributed by atoms with van der Waals surface area (Å²) in [5.41, 5.74) is 3.06. The molecule has 0 aromatic heterocycles. The molecule has 0 amide bonds. The molecule has 2 rings (SSSR count). The largest absolute Gasteiger partial charge is 0.392 e. The molecule has 0 aliphatic rings. The summed E-state index contributed by atoms with van der Waals surface area (Å²) in [5.74, 6) is -0.189. The minimum atomic E-state index is -0.189. The number of nitrogens with one attached hydrogen (secondary N) is 1. The first-order valence-electron chi connectivity index (χ1n) is 6.86. The van der Waals surface area contributed by atoms with Crippen molar-refractivity contribution in [3.05, 3.63) is 71.0 Å². The maximum absolute atomic E-state index is 13.1. The fraction of sp³-hybridized carbons (Fsp3) is 0.294. The highest BCUT2D eigenvalue weighted by Gasteiger charge is 2.05. The van der Waals surface area contributed by atoms with E-state index in [1.165, 1.54) is 6.07 Å². The lowest BCUT2D eigenvalue weighted by Crippen LogP contribution is -2.21. The molecular weight excluding hydrogens is 253 g/mol. The lowest BCUT2D eigenvalue weighted by atomic mass is 10.0. The quantitative estimate of drug-likeness (QED) is 0.847. The van der Waals surface area contributed by atoms with Gasteiger partial charge in [-0.3, -0.25) is 0 Å². The summed E-state index contributed by atoms with van der Waals surface area (Å²) >= 11 is 0. The smallest absolute Gasteiger partial charge is 0.123 e. The molecule has 0 saturated heterocycles. The third kappa shape index (κ3) is 4.15. The van der Waals surface area contributed by atoms with Crippen LogP contribution in [0, 0.1) is 5.82 Å². The van der Waals surface area contributed by atoms with E-state index in [0.717, 1.165) is 29.7 Å². The minimum absolute atomic E-state index is 0.0594. The molecule has 0 aliphatic carbocycles. The first-order chi connectivity index (χ1) is 9.69. The Bertz CT molecular complexity index is 556. The Balaban J connectivity index is 1.87. The Hall–Kier alpha value is -1.71. The fourth-order valence-electron chi connectivity index (χ4n) is 2.20. The van der Waals surface area contributed by atoms with Gasteiger partial charge in [-0.05, 0) is 48.7 Å². The van der Waals surface area contributed by atoms with E-state index in [0.29, 0.717) is 0 Å². The Morgan fingerprint density at radius 1 is 1.10 bits per heavy atom. The molecule has 0 heterocycles. The van der Waals surface area contributed by atoms with Crippen molar-refractivity contribution < 1.29 is 9.50 Å². The van der Waals surface area contributed by atoms with Crippen molar-refractivity contribution in [2.24, 2.45) is 0 Å². The summed E-state index contributed by atoms with van der Waals surface area (Å²) in [6, 6.07) is 14.8. The van der Waals surface area contributed by atoms with Gasteiger partial charge in [0.05, 0.1) is 6.61 Å². The van der Waals surface area contributed by atoms with Gasteiger partial charge in [-0.15, -0.1) is 0 Å². The number of aliphatic hydroxyl groups is 1. The average Bonchev–Trinajstić information content (AvgIpc) is 2.47. The molecule has 0 bridgehead atoms. The molecule has 106 valence electrons. The van der Waals surface area contributed by atoms with Crippen LogP contribution in [0.25, 0.3) is 0 Å². The van der Waals surface area contributed by atoms with Gasteiger partial charge in [-0.1, -0.05) is 36.4 Å². The van der Waals surface area contributed by atoms with Gasteiger partial charge in [0, 0.05) is 6.04 Å². The number of hydrogen-bond acceptors (Lipinski definition) is 2. The number of benzene rings is 2. The van der Waals surface area contributed by atoms with Crippen molar-refractivity contribution in [2.45, 2.75) is 26.0 Å². The second-order valence-electron chi connectivity index (χ2n) is 4.96. The van der Waals surface area contributed by atoms with Crippen molar-refractivity contribution in [2.75, 3.05) is 6.54 Å². The molecule has 20 heavy (non-hydrogen) atoms. The normalized spacial score (nSPS) is 12.3. The first-order valence-corrected chi connectivity index (χ1v) is 6.86. The van der Waals surface area contributed by atoms with E-state index in [2.05, 4.69) is 12.2 Å². The van der Waals surface area contributed by atoms with Gasteiger partial charge >= 0.3 is 0 Å². The summed E-state index contributed by atoms with van der Waals surface area (Å²) in [5, 5.41) is 12.6. The lowest BCUT2D eigenvalue weighted by molar-refractivity contribution is 0.281. The zero-order chi connectivity index (χ0) is 14.4. The van der Waals surface area contributed by atoms with Gasteiger partial charge in [0.1, 0.15) is 5.82 Å². The molecule has 3 heteroatoms. The highest BCUT2D eigenvalue weighted by molar-refractivity contribution is 5.25. The highest BCUT2D eigenvalue weighted by atomic mass is 19.1. The van der Waals surface area contributed by atoms with Crippen LogP contribution >= 0.6 is 0 Å². The van der Waals surface area contributed by atoms with Crippen molar-refractivity contribution in [3.8, 4) is 0 Å². The monoisotopic (exact) mass is 273 g/mol. The van der Waals surface area contributed by atoms with Crippen LogP contribution in [0.15, 0.2) is 48.5 Å². The van der Waals surface area contributed by atoms with Crippen LogP contribution in [0.1, 0.15) is 29.7 Å². The third-order valence-electron chi connectivity index (χ3n) is 3.39. The fourth-order valence-corrected chi connectivity index (χ4v) is 2.20. The topological polar surface area (TPSA) is 32.3 Å². The Morgan fingerprint density at radius 2 is 1.85 bits per heavy atom. The molecule has 2 aromatic carbocycles. The first kappa shape index (κ1) is 14.7. The van der Waals surface area contributed by atoms with Crippen LogP contribution in [0.3, 0.4) is 0 Å². The van der Waals surface area contributed by atoms with Crippen molar-refractivity contribution in [1.82, 2.24) is 5.32 Å². The molecule has 2 nitrogen and oxygen atoms in total. The minimum Gasteiger partial charge on any atom is -0.392 e. The van der Waals surface area contributed by atoms with Crippen LogP contribution in [0.5, 0.6) is 0 Å². The molecule has 0 fully saturated rings. The maximum Gasteiger partial charge on any atom is 0.123 e. The van der Waals surface area contributed by atoms with Crippen molar-refractivity contribution >= 4 is 0 Å². The molecule has 0 radical (unpaired) electrons. The molecule has 1 atom stereocenters. The summed E-state index contributed by atoms with van der Waals surface area (Å²) in [4.78, 5) is 0. The van der Waals surface area contributed by atoms with Crippen LogP contribution in [0.2, 0.25) is 0 Å². The second kappa shape index (κ2) is 7.17. The Labute approximate surface area is 119 Å². The molecule has 0 spiro atoms. The predicted octanol–water partition coefficient (Wildman–Crippen LogP) is 3.21. The number of aliphatic hydroxyl groups excluding tert-OH is 1. The lowest BCUT2D eigenvalue weighted by Gasteiger charge is -2.15. The van der Waals surface area contributed by atoms with Crippen LogP contribution in [-0.4, -0.2) is 11.7 Å². The van der Waals surface area contributed by atoms with Crippen LogP contribution < -0.4 is 5.32 Å². The van der Waals surface area contributed by atoms with E-state index < -0.39 is 0 Å². The Kier molecular flexibility index (Phi) is 5.27. The Morgan fingerprint density at radius 3 is 2.60 bits per heavy atom. The van der Waals surface area contributed by atoms with E-state index in [1.54, 1.807) is 12.1 Å². The van der Waals surface area contributed by atoms with Gasteiger partial charge in [0.2, 0.25) is 0 Å². The van der Waals surface area contributed by atoms with E-state index in [9.17, 15) is 4.39 Å². The summed E-state index contributed by atoms with van der Waals surface area (Å²) < 4.78 is 13.1. The standard InChI is InChI=1S/C17H20FNO/c1-13(16-6-2-5-15(10-16)12-20)19-9-8-14-4-3-7-17(18)11-14/h2-7,10-11,13,19-20H,8-9,12H2,1H3. The van der Waals surface area contributed by atoms with E-state index in [4.69, 9.17) is 5.11 Å². The summed E-state index contributed by atoms with van der Waals surface area (Å²) in [6.07, 6.45) is 0.793. The molecule has 0 aliphatic heterocycles. The van der Waals surface area contributed by atoms with Gasteiger partial charge in [-0.2, -0.15) is 0 Å². The predicted molar refractivity (Wildman–Crippen MR) is 78.9 cm³/mol. The number of hydrogen-bond donors (Lipinski definition) is 2. The van der Waals surface area contributed by atoms with Crippen LogP contribution in [0.4, 0.5) is 4.39 Å². The van der Waals surface area contributed by atoms with Crippen molar-refractivity contribution in [1.29, 1.82) is 0 Å². The van der Waals surface area contributed by atoms with Gasteiger partial charge in [-0.25, -0.2) is 4.39 Å². The maximum atomic E-state index is 13.1. The van der Waals surface area contributed by atoms with E-state index >= 15 is 0 Å². The van der Waals surface area contributed by atoms with Crippen molar-refractivity contribution in [3.63, 3.8) is 0 Å². The number of rotatable bonds is 6. The molecule has 2 N–H and O–H groups in total.